The van der Waals surface area contributed by atoms with Gasteiger partial charge in [0.15, 0.2) is 0 Å². The molecule has 17 heavy (non-hydrogen) atoms. The first-order chi connectivity index (χ1) is 7.77. The van der Waals surface area contributed by atoms with Gasteiger partial charge in [0.2, 0.25) is 10.0 Å². The number of methoxy groups -OCH3 is 1. The molecule has 0 amide bonds. The molecule has 1 aromatic heterocycles. The molecule has 98 valence electrons. The van der Waals surface area contributed by atoms with Gasteiger partial charge in [-0.2, -0.15) is 0 Å². The SMILES string of the molecule is COC(CNS(=O)(=O)c1cccs1)C(C)(C)C. The van der Waals surface area contributed by atoms with Gasteiger partial charge in [-0.3, -0.25) is 0 Å². The molecule has 4 nitrogen and oxygen atoms in total. The molecule has 0 spiro atoms. The molecule has 0 bridgehead atoms. The Morgan fingerprint density at radius 3 is 2.53 bits per heavy atom. The minimum atomic E-state index is -3.39. The molecule has 6 heteroatoms. The second-order valence-electron chi connectivity index (χ2n) is 4.87. The first-order valence-corrected chi connectivity index (χ1v) is 7.69. The van der Waals surface area contributed by atoms with Crippen molar-refractivity contribution < 1.29 is 13.2 Å². The molecule has 0 radical (unpaired) electrons. The zero-order valence-corrected chi connectivity index (χ0v) is 12.2. The summed E-state index contributed by atoms with van der Waals surface area (Å²) in [6, 6.07) is 3.31. The summed E-state index contributed by atoms with van der Waals surface area (Å²) in [6.07, 6.45) is -0.155. The Balaban J connectivity index is 2.68. The van der Waals surface area contributed by atoms with Crippen molar-refractivity contribution in [1.82, 2.24) is 4.72 Å². The van der Waals surface area contributed by atoms with Crippen LogP contribution in [0.3, 0.4) is 0 Å². The standard InChI is InChI=1S/C11H19NO3S2/c1-11(2,3)9(15-4)8-12-17(13,14)10-6-5-7-16-10/h5-7,9,12H,8H2,1-4H3. The summed E-state index contributed by atoms with van der Waals surface area (Å²) in [5.74, 6) is 0. The lowest BCUT2D eigenvalue weighted by atomic mass is 9.89. The number of nitrogens with one attached hydrogen (secondary N) is 1. The van der Waals surface area contributed by atoms with Gasteiger partial charge in [-0.25, -0.2) is 13.1 Å². The van der Waals surface area contributed by atoms with Crippen molar-refractivity contribution in [3.8, 4) is 0 Å². The molecule has 1 atom stereocenters. The molecule has 1 rings (SSSR count). The Hall–Kier alpha value is -0.430. The molecule has 0 aromatic carbocycles. The molecule has 0 fully saturated rings. The first-order valence-electron chi connectivity index (χ1n) is 5.33. The van der Waals surface area contributed by atoms with Crippen molar-refractivity contribution in [2.75, 3.05) is 13.7 Å². The highest BCUT2D eigenvalue weighted by Gasteiger charge is 2.26. The molecule has 0 saturated heterocycles. The molecule has 0 aliphatic rings. The van der Waals surface area contributed by atoms with Gasteiger partial charge in [0.25, 0.3) is 0 Å². The van der Waals surface area contributed by atoms with Crippen molar-refractivity contribution >= 4 is 21.4 Å². The van der Waals surface area contributed by atoms with Gasteiger partial charge in [-0.05, 0) is 16.9 Å². The summed E-state index contributed by atoms with van der Waals surface area (Å²) in [7, 11) is -1.80. The van der Waals surface area contributed by atoms with E-state index < -0.39 is 10.0 Å². The van der Waals surface area contributed by atoms with Gasteiger partial charge in [0.1, 0.15) is 4.21 Å². The summed E-state index contributed by atoms with van der Waals surface area (Å²) in [5.41, 5.74) is -0.104. The lowest BCUT2D eigenvalue weighted by molar-refractivity contribution is 0.0212. The Morgan fingerprint density at radius 1 is 1.47 bits per heavy atom. The lowest BCUT2D eigenvalue weighted by Crippen LogP contribution is -2.40. The highest BCUT2D eigenvalue weighted by atomic mass is 32.2. The molecular formula is C11H19NO3S2. The monoisotopic (exact) mass is 277 g/mol. The van der Waals surface area contributed by atoms with E-state index in [0.29, 0.717) is 4.21 Å². The van der Waals surface area contributed by atoms with Gasteiger partial charge in [0, 0.05) is 13.7 Å². The summed E-state index contributed by atoms with van der Waals surface area (Å²) >= 11 is 1.21. The van der Waals surface area contributed by atoms with Crippen molar-refractivity contribution in [3.05, 3.63) is 17.5 Å². The van der Waals surface area contributed by atoms with Crippen LogP contribution in [0.25, 0.3) is 0 Å². The van der Waals surface area contributed by atoms with E-state index in [0.717, 1.165) is 0 Å². The van der Waals surface area contributed by atoms with Crippen molar-refractivity contribution in [2.45, 2.75) is 31.1 Å². The van der Waals surface area contributed by atoms with Crippen LogP contribution in [0.5, 0.6) is 0 Å². The number of rotatable bonds is 5. The highest BCUT2D eigenvalue weighted by Crippen LogP contribution is 2.22. The smallest absolute Gasteiger partial charge is 0.250 e. The second-order valence-corrected chi connectivity index (χ2v) is 7.82. The Morgan fingerprint density at radius 2 is 2.12 bits per heavy atom. The van der Waals surface area contributed by atoms with E-state index in [1.807, 2.05) is 20.8 Å². The fourth-order valence-corrected chi connectivity index (χ4v) is 3.49. The van der Waals surface area contributed by atoms with Crippen molar-refractivity contribution in [1.29, 1.82) is 0 Å². The molecular weight excluding hydrogens is 258 g/mol. The van der Waals surface area contributed by atoms with E-state index in [1.54, 1.807) is 24.6 Å². The summed E-state index contributed by atoms with van der Waals surface area (Å²) in [4.78, 5) is 0. The van der Waals surface area contributed by atoms with Gasteiger partial charge < -0.3 is 4.74 Å². The minimum Gasteiger partial charge on any atom is -0.380 e. The summed E-state index contributed by atoms with van der Waals surface area (Å²) < 4.78 is 32.0. The maximum absolute atomic E-state index is 11.9. The largest absolute Gasteiger partial charge is 0.380 e. The van der Waals surface area contributed by atoms with Crippen LogP contribution in [0.2, 0.25) is 0 Å². The maximum atomic E-state index is 11.9. The van der Waals surface area contributed by atoms with Gasteiger partial charge in [-0.1, -0.05) is 26.8 Å². The zero-order chi connectivity index (χ0) is 13.1. The number of hydrogen-bond acceptors (Lipinski definition) is 4. The van der Waals surface area contributed by atoms with E-state index in [9.17, 15) is 8.42 Å². The van der Waals surface area contributed by atoms with Gasteiger partial charge >= 0.3 is 0 Å². The van der Waals surface area contributed by atoms with E-state index >= 15 is 0 Å². The topological polar surface area (TPSA) is 55.4 Å². The molecule has 1 aromatic rings. The number of thiophene rings is 1. The van der Waals surface area contributed by atoms with Crippen LogP contribution in [-0.4, -0.2) is 28.2 Å². The number of hydrogen-bond donors (Lipinski definition) is 1. The Kier molecular flexibility index (Phi) is 4.71. The molecule has 0 aliphatic carbocycles. The van der Waals surface area contributed by atoms with Crippen molar-refractivity contribution in [2.24, 2.45) is 5.41 Å². The van der Waals surface area contributed by atoms with Crippen LogP contribution >= 0.6 is 11.3 Å². The molecule has 0 aliphatic heterocycles. The molecule has 1 unspecified atom stereocenters. The lowest BCUT2D eigenvalue weighted by Gasteiger charge is -2.29. The van der Waals surface area contributed by atoms with E-state index in [2.05, 4.69) is 4.72 Å². The van der Waals surface area contributed by atoms with Crippen LogP contribution in [0.15, 0.2) is 21.7 Å². The minimum absolute atomic E-state index is 0.104. The zero-order valence-electron chi connectivity index (χ0n) is 10.6. The third-order valence-corrected chi connectivity index (χ3v) is 5.29. The third kappa shape index (κ3) is 4.06. The second kappa shape index (κ2) is 5.48. The molecule has 1 heterocycles. The summed E-state index contributed by atoms with van der Waals surface area (Å²) in [5, 5.41) is 1.74. The highest BCUT2D eigenvalue weighted by molar-refractivity contribution is 7.91. The van der Waals surface area contributed by atoms with Crippen molar-refractivity contribution in [3.63, 3.8) is 0 Å². The molecule has 1 N–H and O–H groups in total. The van der Waals surface area contributed by atoms with Crippen LogP contribution < -0.4 is 4.72 Å². The van der Waals surface area contributed by atoms with Gasteiger partial charge in [0.05, 0.1) is 6.10 Å². The predicted octanol–water partition coefficient (Wildman–Crippen LogP) is 2.09. The van der Waals surface area contributed by atoms with Crippen LogP contribution in [0, 0.1) is 5.41 Å². The fraction of sp³-hybridized carbons (Fsp3) is 0.636. The van der Waals surface area contributed by atoms with E-state index in [4.69, 9.17) is 4.74 Å². The van der Waals surface area contributed by atoms with Crippen LogP contribution in [0.4, 0.5) is 0 Å². The quantitative estimate of drug-likeness (QED) is 0.896. The normalized spacial score (nSPS) is 14.8. The van der Waals surface area contributed by atoms with Crippen LogP contribution in [0.1, 0.15) is 20.8 Å². The predicted molar refractivity (Wildman–Crippen MR) is 69.8 cm³/mol. The van der Waals surface area contributed by atoms with Crippen LogP contribution in [-0.2, 0) is 14.8 Å². The average molecular weight is 277 g/mol. The first kappa shape index (κ1) is 14.6. The Labute approximate surface area is 107 Å². The van der Waals surface area contributed by atoms with E-state index in [-0.39, 0.29) is 18.1 Å². The fourth-order valence-electron chi connectivity index (χ4n) is 1.42. The van der Waals surface area contributed by atoms with E-state index in [1.165, 1.54) is 11.3 Å². The number of ether oxygens (including phenoxy) is 1. The molecule has 0 saturated carbocycles. The third-order valence-electron chi connectivity index (χ3n) is 2.47. The number of sulfonamides is 1. The Bertz CT molecular complexity index is 432. The maximum Gasteiger partial charge on any atom is 0.250 e. The summed E-state index contributed by atoms with van der Waals surface area (Å²) in [6.45, 7) is 6.32. The van der Waals surface area contributed by atoms with Gasteiger partial charge in [-0.15, -0.1) is 11.3 Å². The average Bonchev–Trinajstić information content (AvgIpc) is 2.69.